The zero-order valence-electron chi connectivity index (χ0n) is 12.3. The Morgan fingerprint density at radius 2 is 1.95 bits per heavy atom. The highest BCUT2D eigenvalue weighted by molar-refractivity contribution is 5.67. The van der Waals surface area contributed by atoms with E-state index >= 15 is 0 Å². The van der Waals surface area contributed by atoms with Crippen molar-refractivity contribution >= 4 is 5.69 Å². The van der Waals surface area contributed by atoms with Crippen LogP contribution in [0.15, 0.2) is 42.9 Å². The molecule has 22 heavy (non-hydrogen) atoms. The lowest BCUT2D eigenvalue weighted by atomic mass is 10.1. The molecule has 0 unspecified atom stereocenters. The van der Waals surface area contributed by atoms with Crippen LogP contribution in [0, 0.1) is 17.0 Å². The second-order valence-corrected chi connectivity index (χ2v) is 5.21. The standard InChI is InChI=1S/C15H15N5O2/c1-11-3-5-12(6-4-11)8-19-10-14(20(21)22)15(17-19)13-7-16-18(2)9-13/h3-7,9-10H,8H2,1-2H3. The minimum atomic E-state index is -0.416. The van der Waals surface area contributed by atoms with Crippen molar-refractivity contribution in [1.82, 2.24) is 19.6 Å². The predicted octanol–water partition coefficient (Wildman–Crippen LogP) is 2.55. The molecule has 0 atom stereocenters. The topological polar surface area (TPSA) is 78.8 Å². The Kier molecular flexibility index (Phi) is 3.46. The normalized spacial score (nSPS) is 10.8. The molecule has 0 spiro atoms. The largest absolute Gasteiger partial charge is 0.315 e. The van der Waals surface area contributed by atoms with Crippen LogP contribution in [-0.2, 0) is 13.6 Å². The van der Waals surface area contributed by atoms with E-state index in [1.165, 1.54) is 11.8 Å². The number of hydrogen-bond donors (Lipinski definition) is 0. The van der Waals surface area contributed by atoms with Gasteiger partial charge >= 0.3 is 5.69 Å². The van der Waals surface area contributed by atoms with E-state index in [1.54, 1.807) is 28.8 Å². The summed E-state index contributed by atoms with van der Waals surface area (Å²) in [6, 6.07) is 8.00. The van der Waals surface area contributed by atoms with Crippen LogP contribution < -0.4 is 0 Å². The number of benzene rings is 1. The molecule has 112 valence electrons. The van der Waals surface area contributed by atoms with E-state index in [-0.39, 0.29) is 5.69 Å². The lowest BCUT2D eigenvalue weighted by Crippen LogP contribution is -2.00. The average Bonchev–Trinajstić information content (AvgIpc) is 3.07. The van der Waals surface area contributed by atoms with Crippen LogP contribution in [0.1, 0.15) is 11.1 Å². The van der Waals surface area contributed by atoms with Crippen LogP contribution in [0.5, 0.6) is 0 Å². The molecule has 3 rings (SSSR count). The van der Waals surface area contributed by atoms with E-state index in [9.17, 15) is 10.1 Å². The van der Waals surface area contributed by atoms with Gasteiger partial charge in [0, 0.05) is 18.8 Å². The number of aromatic nitrogens is 4. The third-order valence-electron chi connectivity index (χ3n) is 3.38. The summed E-state index contributed by atoms with van der Waals surface area (Å²) in [5.41, 5.74) is 3.18. The van der Waals surface area contributed by atoms with Gasteiger partial charge in [0.1, 0.15) is 6.20 Å². The predicted molar refractivity (Wildman–Crippen MR) is 81.4 cm³/mol. The minimum absolute atomic E-state index is 0.0138. The molecule has 0 aliphatic heterocycles. The van der Waals surface area contributed by atoms with Crippen LogP contribution >= 0.6 is 0 Å². The second-order valence-electron chi connectivity index (χ2n) is 5.21. The second kappa shape index (κ2) is 5.44. The third kappa shape index (κ3) is 2.73. The van der Waals surface area contributed by atoms with Gasteiger partial charge in [0.2, 0.25) is 0 Å². The van der Waals surface area contributed by atoms with Gasteiger partial charge in [-0.15, -0.1) is 0 Å². The maximum Gasteiger partial charge on any atom is 0.315 e. The molecule has 1 aromatic carbocycles. The fraction of sp³-hybridized carbons (Fsp3) is 0.200. The maximum absolute atomic E-state index is 11.2. The van der Waals surface area contributed by atoms with Crippen LogP contribution in [0.4, 0.5) is 5.69 Å². The van der Waals surface area contributed by atoms with E-state index in [0.29, 0.717) is 17.8 Å². The smallest absolute Gasteiger partial charge is 0.275 e. The number of rotatable bonds is 4. The van der Waals surface area contributed by atoms with Crippen molar-refractivity contribution in [3.05, 3.63) is 64.1 Å². The summed E-state index contributed by atoms with van der Waals surface area (Å²) >= 11 is 0. The zero-order chi connectivity index (χ0) is 15.7. The Labute approximate surface area is 127 Å². The number of nitrogens with zero attached hydrogens (tertiary/aromatic N) is 5. The molecule has 0 fully saturated rings. The first-order chi connectivity index (χ1) is 10.5. The van der Waals surface area contributed by atoms with Gasteiger partial charge in [-0.2, -0.15) is 10.2 Å². The molecule has 0 bridgehead atoms. The molecule has 0 aliphatic carbocycles. The summed E-state index contributed by atoms with van der Waals surface area (Å²) < 4.78 is 3.18. The summed E-state index contributed by atoms with van der Waals surface area (Å²) in [7, 11) is 1.76. The lowest BCUT2D eigenvalue weighted by Gasteiger charge is -2.01. The quantitative estimate of drug-likeness (QED) is 0.547. The Balaban J connectivity index is 1.96. The van der Waals surface area contributed by atoms with Gasteiger partial charge in [-0.1, -0.05) is 29.8 Å². The monoisotopic (exact) mass is 297 g/mol. The van der Waals surface area contributed by atoms with Gasteiger partial charge in [-0.25, -0.2) is 0 Å². The molecule has 0 aliphatic rings. The highest BCUT2D eigenvalue weighted by Gasteiger charge is 2.22. The molecule has 0 saturated heterocycles. The molecule has 2 aromatic heterocycles. The zero-order valence-corrected chi connectivity index (χ0v) is 12.3. The Morgan fingerprint density at radius 1 is 1.23 bits per heavy atom. The van der Waals surface area contributed by atoms with Gasteiger partial charge in [0.25, 0.3) is 0 Å². The van der Waals surface area contributed by atoms with Crippen LogP contribution in [-0.4, -0.2) is 24.5 Å². The van der Waals surface area contributed by atoms with Crippen LogP contribution in [0.25, 0.3) is 11.3 Å². The SMILES string of the molecule is Cc1ccc(Cn2cc([N+](=O)[O-])c(-c3cnn(C)c3)n2)cc1. The van der Waals surface area contributed by atoms with E-state index in [2.05, 4.69) is 10.2 Å². The molecule has 2 heterocycles. The maximum atomic E-state index is 11.2. The Morgan fingerprint density at radius 3 is 2.55 bits per heavy atom. The fourth-order valence-corrected chi connectivity index (χ4v) is 2.26. The first-order valence-electron chi connectivity index (χ1n) is 6.79. The van der Waals surface area contributed by atoms with Gasteiger partial charge in [-0.05, 0) is 12.5 Å². The first kappa shape index (κ1) is 14.0. The van der Waals surface area contributed by atoms with E-state index in [0.717, 1.165) is 5.56 Å². The number of nitro groups is 1. The number of aryl methyl sites for hydroxylation is 2. The van der Waals surface area contributed by atoms with E-state index in [1.807, 2.05) is 31.2 Å². The van der Waals surface area contributed by atoms with Gasteiger partial charge in [0.05, 0.1) is 17.7 Å². The third-order valence-corrected chi connectivity index (χ3v) is 3.38. The summed E-state index contributed by atoms with van der Waals surface area (Å²) in [4.78, 5) is 10.8. The van der Waals surface area contributed by atoms with Crippen molar-refractivity contribution < 1.29 is 4.92 Å². The molecule has 3 aromatic rings. The minimum Gasteiger partial charge on any atom is -0.275 e. The van der Waals surface area contributed by atoms with Crippen molar-refractivity contribution in [1.29, 1.82) is 0 Å². The van der Waals surface area contributed by atoms with Crippen molar-refractivity contribution in [2.24, 2.45) is 7.05 Å². The van der Waals surface area contributed by atoms with Crippen molar-refractivity contribution in [2.45, 2.75) is 13.5 Å². The molecule has 7 heteroatoms. The molecule has 7 nitrogen and oxygen atoms in total. The molecular formula is C15H15N5O2. The average molecular weight is 297 g/mol. The molecular weight excluding hydrogens is 282 g/mol. The van der Waals surface area contributed by atoms with Crippen molar-refractivity contribution in [3.63, 3.8) is 0 Å². The summed E-state index contributed by atoms with van der Waals surface area (Å²) in [5.74, 6) is 0. The molecule has 0 radical (unpaired) electrons. The van der Waals surface area contributed by atoms with Crippen molar-refractivity contribution in [3.8, 4) is 11.3 Å². The summed E-state index contributed by atoms with van der Waals surface area (Å²) in [6.07, 6.45) is 4.75. The van der Waals surface area contributed by atoms with Gasteiger partial charge < -0.3 is 0 Å². The van der Waals surface area contributed by atoms with E-state index in [4.69, 9.17) is 0 Å². The van der Waals surface area contributed by atoms with Crippen LogP contribution in [0.2, 0.25) is 0 Å². The van der Waals surface area contributed by atoms with Gasteiger partial charge in [-0.3, -0.25) is 19.5 Å². The van der Waals surface area contributed by atoms with Crippen molar-refractivity contribution in [2.75, 3.05) is 0 Å². The highest BCUT2D eigenvalue weighted by atomic mass is 16.6. The highest BCUT2D eigenvalue weighted by Crippen LogP contribution is 2.28. The summed E-state index contributed by atoms with van der Waals surface area (Å²) in [5, 5.41) is 19.6. The van der Waals surface area contributed by atoms with Crippen LogP contribution in [0.3, 0.4) is 0 Å². The Hall–Kier alpha value is -2.96. The molecule has 0 saturated carbocycles. The first-order valence-corrected chi connectivity index (χ1v) is 6.79. The molecule has 0 N–H and O–H groups in total. The fourth-order valence-electron chi connectivity index (χ4n) is 2.26. The van der Waals surface area contributed by atoms with Gasteiger partial charge in [0.15, 0.2) is 5.69 Å². The Bertz CT molecular complexity index is 817. The van der Waals surface area contributed by atoms with E-state index < -0.39 is 4.92 Å². The summed E-state index contributed by atoms with van der Waals surface area (Å²) in [6.45, 7) is 2.50. The number of hydrogen-bond acceptors (Lipinski definition) is 4. The lowest BCUT2D eigenvalue weighted by molar-refractivity contribution is -0.384. The molecule has 0 amide bonds.